The normalized spacial score (nSPS) is 19.1. The van der Waals surface area contributed by atoms with Gasteiger partial charge in [0.05, 0.1) is 6.61 Å². The van der Waals surface area contributed by atoms with E-state index in [0.717, 1.165) is 12.8 Å². The second-order valence-electron chi connectivity index (χ2n) is 4.67. The molecular weight excluding hydrogens is 172 g/mol. The summed E-state index contributed by atoms with van der Waals surface area (Å²) in [5.41, 5.74) is 4.04. The maximum atomic E-state index is 9.47. The van der Waals surface area contributed by atoms with Gasteiger partial charge in [0.2, 0.25) is 0 Å². The lowest BCUT2D eigenvalue weighted by molar-refractivity contribution is 0.120. The molecule has 0 unspecified atom stereocenters. The Morgan fingerprint density at radius 2 is 1.71 bits per heavy atom. The van der Waals surface area contributed by atoms with Gasteiger partial charge in [0.25, 0.3) is 0 Å². The molecular formula is C13H18O. The van der Waals surface area contributed by atoms with E-state index in [2.05, 4.69) is 32.0 Å². The minimum atomic E-state index is 0.0940. The Morgan fingerprint density at radius 3 is 2.07 bits per heavy atom. The molecule has 0 atom stereocenters. The molecule has 2 rings (SSSR count). The third-order valence-electron chi connectivity index (χ3n) is 3.45. The zero-order valence-corrected chi connectivity index (χ0v) is 9.01. The maximum absolute atomic E-state index is 9.47. The van der Waals surface area contributed by atoms with Gasteiger partial charge in [-0.2, -0.15) is 0 Å². The average Bonchev–Trinajstić information content (AvgIpc) is 2.01. The van der Waals surface area contributed by atoms with E-state index in [1.807, 2.05) is 0 Å². The third-order valence-corrected chi connectivity index (χ3v) is 3.45. The Bertz CT molecular complexity index is 311. The minimum Gasteiger partial charge on any atom is -0.395 e. The summed E-state index contributed by atoms with van der Waals surface area (Å²) in [5, 5.41) is 9.47. The lowest BCUT2D eigenvalue weighted by Crippen LogP contribution is -2.38. The molecule has 0 heterocycles. The van der Waals surface area contributed by atoms with Crippen LogP contribution in [0.3, 0.4) is 0 Å². The number of benzene rings is 1. The van der Waals surface area contributed by atoms with E-state index in [-0.39, 0.29) is 5.41 Å². The summed E-state index contributed by atoms with van der Waals surface area (Å²) in [4.78, 5) is 0. The van der Waals surface area contributed by atoms with Gasteiger partial charge < -0.3 is 5.11 Å². The van der Waals surface area contributed by atoms with Crippen LogP contribution in [-0.4, -0.2) is 11.7 Å². The van der Waals surface area contributed by atoms with Crippen LogP contribution in [0.25, 0.3) is 0 Å². The molecule has 1 aromatic carbocycles. The number of rotatable bonds is 2. The van der Waals surface area contributed by atoms with Crippen LogP contribution in [0.15, 0.2) is 18.2 Å². The summed E-state index contributed by atoms with van der Waals surface area (Å²) >= 11 is 0. The van der Waals surface area contributed by atoms with Crippen LogP contribution in [0.4, 0.5) is 0 Å². The van der Waals surface area contributed by atoms with Gasteiger partial charge in [-0.3, -0.25) is 0 Å². The molecule has 0 spiro atoms. The van der Waals surface area contributed by atoms with Crippen molar-refractivity contribution in [3.8, 4) is 0 Å². The number of aliphatic hydroxyl groups excluding tert-OH is 1. The predicted molar refractivity (Wildman–Crippen MR) is 58.5 cm³/mol. The second-order valence-corrected chi connectivity index (χ2v) is 4.67. The van der Waals surface area contributed by atoms with Gasteiger partial charge in [-0.25, -0.2) is 0 Å². The molecule has 1 fully saturated rings. The third kappa shape index (κ3) is 1.46. The Kier molecular flexibility index (Phi) is 2.36. The molecule has 1 aliphatic carbocycles. The van der Waals surface area contributed by atoms with E-state index in [1.54, 1.807) is 0 Å². The summed E-state index contributed by atoms with van der Waals surface area (Å²) in [6, 6.07) is 6.64. The number of hydrogen-bond donors (Lipinski definition) is 1. The maximum Gasteiger partial charge on any atom is 0.0527 e. The van der Waals surface area contributed by atoms with E-state index < -0.39 is 0 Å². The van der Waals surface area contributed by atoms with Crippen LogP contribution < -0.4 is 0 Å². The highest BCUT2D eigenvalue weighted by atomic mass is 16.3. The molecule has 0 radical (unpaired) electrons. The van der Waals surface area contributed by atoms with Crippen molar-refractivity contribution in [3.05, 3.63) is 34.9 Å². The molecule has 0 bridgehead atoms. The summed E-state index contributed by atoms with van der Waals surface area (Å²) in [7, 11) is 0. The van der Waals surface area contributed by atoms with Crippen LogP contribution in [0.1, 0.15) is 36.0 Å². The fourth-order valence-electron chi connectivity index (χ4n) is 2.42. The van der Waals surface area contributed by atoms with Crippen LogP contribution in [-0.2, 0) is 5.41 Å². The average molecular weight is 190 g/mol. The standard InChI is InChI=1S/C13H18O/c1-10-6-11(2)8-12(7-10)13(9-14)4-3-5-13/h6-8,14H,3-5,9H2,1-2H3. The van der Waals surface area contributed by atoms with Gasteiger partial charge in [-0.1, -0.05) is 35.7 Å². The first-order valence-corrected chi connectivity index (χ1v) is 5.36. The lowest BCUT2D eigenvalue weighted by atomic mass is 9.64. The second kappa shape index (κ2) is 3.39. The van der Waals surface area contributed by atoms with Crippen molar-refractivity contribution in [1.29, 1.82) is 0 Å². The molecule has 0 saturated heterocycles. The van der Waals surface area contributed by atoms with E-state index in [1.165, 1.54) is 23.1 Å². The van der Waals surface area contributed by atoms with Crippen molar-refractivity contribution in [2.75, 3.05) is 6.61 Å². The topological polar surface area (TPSA) is 20.2 Å². The van der Waals surface area contributed by atoms with Gasteiger partial charge in [0, 0.05) is 5.41 Å². The van der Waals surface area contributed by atoms with Crippen molar-refractivity contribution in [3.63, 3.8) is 0 Å². The van der Waals surface area contributed by atoms with Gasteiger partial charge in [0.15, 0.2) is 0 Å². The van der Waals surface area contributed by atoms with Gasteiger partial charge in [0.1, 0.15) is 0 Å². The molecule has 1 nitrogen and oxygen atoms in total. The van der Waals surface area contributed by atoms with Crippen molar-refractivity contribution < 1.29 is 5.11 Å². The summed E-state index contributed by atoms with van der Waals surface area (Å²) < 4.78 is 0. The smallest absolute Gasteiger partial charge is 0.0527 e. The summed E-state index contributed by atoms with van der Waals surface area (Å²) in [6.45, 7) is 4.55. The van der Waals surface area contributed by atoms with Crippen LogP contribution >= 0.6 is 0 Å². The molecule has 1 aliphatic rings. The zero-order chi connectivity index (χ0) is 10.2. The van der Waals surface area contributed by atoms with E-state index in [9.17, 15) is 5.11 Å². The van der Waals surface area contributed by atoms with Crippen molar-refractivity contribution in [2.45, 2.75) is 38.5 Å². The largest absolute Gasteiger partial charge is 0.395 e. The van der Waals surface area contributed by atoms with Crippen LogP contribution in [0, 0.1) is 13.8 Å². The SMILES string of the molecule is Cc1cc(C)cc(C2(CO)CCC2)c1. The Balaban J connectivity index is 2.39. The highest BCUT2D eigenvalue weighted by Gasteiger charge is 2.38. The van der Waals surface area contributed by atoms with Gasteiger partial charge in [-0.15, -0.1) is 0 Å². The zero-order valence-electron chi connectivity index (χ0n) is 9.01. The highest BCUT2D eigenvalue weighted by Crippen LogP contribution is 2.43. The highest BCUT2D eigenvalue weighted by molar-refractivity contribution is 5.35. The van der Waals surface area contributed by atoms with Crippen LogP contribution in [0.2, 0.25) is 0 Å². The molecule has 0 aromatic heterocycles. The van der Waals surface area contributed by atoms with E-state index in [0.29, 0.717) is 6.61 Å². The van der Waals surface area contributed by atoms with Crippen LogP contribution in [0.5, 0.6) is 0 Å². The number of hydrogen-bond acceptors (Lipinski definition) is 1. The molecule has 1 N–H and O–H groups in total. The lowest BCUT2D eigenvalue weighted by Gasteiger charge is -2.41. The predicted octanol–water partition coefficient (Wildman–Crippen LogP) is 2.72. The van der Waals surface area contributed by atoms with Gasteiger partial charge in [-0.05, 0) is 32.3 Å². The Labute approximate surface area is 85.8 Å². The van der Waals surface area contributed by atoms with Crippen molar-refractivity contribution >= 4 is 0 Å². The minimum absolute atomic E-state index is 0.0940. The fraction of sp³-hybridized carbons (Fsp3) is 0.538. The molecule has 1 heteroatoms. The molecule has 0 amide bonds. The fourth-order valence-corrected chi connectivity index (χ4v) is 2.42. The number of aryl methyl sites for hydroxylation is 2. The Morgan fingerprint density at radius 1 is 1.14 bits per heavy atom. The van der Waals surface area contributed by atoms with Crippen molar-refractivity contribution in [2.24, 2.45) is 0 Å². The molecule has 1 aromatic rings. The first kappa shape index (κ1) is 9.72. The molecule has 76 valence electrons. The van der Waals surface area contributed by atoms with E-state index in [4.69, 9.17) is 0 Å². The molecule has 0 aliphatic heterocycles. The van der Waals surface area contributed by atoms with Crippen molar-refractivity contribution in [1.82, 2.24) is 0 Å². The molecule has 1 saturated carbocycles. The first-order valence-electron chi connectivity index (χ1n) is 5.36. The first-order chi connectivity index (χ1) is 6.66. The monoisotopic (exact) mass is 190 g/mol. The van der Waals surface area contributed by atoms with E-state index >= 15 is 0 Å². The quantitative estimate of drug-likeness (QED) is 0.760. The Hall–Kier alpha value is -0.820. The van der Waals surface area contributed by atoms with Gasteiger partial charge >= 0.3 is 0 Å². The summed E-state index contributed by atoms with van der Waals surface area (Å²) in [5.74, 6) is 0. The summed E-state index contributed by atoms with van der Waals surface area (Å²) in [6.07, 6.45) is 3.55. The molecule has 14 heavy (non-hydrogen) atoms. The number of aliphatic hydroxyl groups is 1.